The first-order valence-electron chi connectivity index (χ1n) is 10.2. The molecule has 1 aliphatic rings. The minimum atomic E-state index is 0.0237. The molecular formula is C24H25ClN2OS. The van der Waals surface area contributed by atoms with E-state index in [-0.39, 0.29) is 5.91 Å². The quantitative estimate of drug-likeness (QED) is 0.484. The fraction of sp³-hybridized carbons (Fsp3) is 0.333. The molecule has 3 nitrogen and oxygen atoms in total. The van der Waals surface area contributed by atoms with Gasteiger partial charge in [0.05, 0.1) is 11.3 Å². The smallest absolute Gasteiger partial charge is 0.234 e. The fourth-order valence-corrected chi connectivity index (χ4v) is 5.27. The van der Waals surface area contributed by atoms with Crippen LogP contribution in [0.1, 0.15) is 42.1 Å². The Balaban J connectivity index is 1.61. The lowest BCUT2D eigenvalue weighted by Gasteiger charge is -2.20. The normalized spacial score (nSPS) is 13.3. The molecule has 2 aromatic carbocycles. The lowest BCUT2D eigenvalue weighted by molar-refractivity contribution is -0.113. The van der Waals surface area contributed by atoms with Crippen molar-refractivity contribution >= 4 is 45.9 Å². The van der Waals surface area contributed by atoms with Gasteiger partial charge in [-0.25, -0.2) is 0 Å². The number of thioether (sulfide) groups is 1. The number of rotatable bonds is 5. The van der Waals surface area contributed by atoms with Crippen molar-refractivity contribution in [3.63, 3.8) is 0 Å². The summed E-state index contributed by atoms with van der Waals surface area (Å²) in [7, 11) is 0. The number of aryl methyl sites for hydroxylation is 3. The van der Waals surface area contributed by atoms with Gasteiger partial charge in [0.1, 0.15) is 0 Å². The van der Waals surface area contributed by atoms with Crippen molar-refractivity contribution in [2.45, 2.75) is 50.8 Å². The van der Waals surface area contributed by atoms with E-state index >= 15 is 0 Å². The average molecular weight is 425 g/mol. The number of amides is 1. The van der Waals surface area contributed by atoms with Crippen molar-refractivity contribution in [2.24, 2.45) is 0 Å². The van der Waals surface area contributed by atoms with Crippen LogP contribution in [0.3, 0.4) is 0 Å². The van der Waals surface area contributed by atoms with Crippen molar-refractivity contribution in [1.82, 2.24) is 4.98 Å². The second-order valence-corrected chi connectivity index (χ2v) is 8.96. The van der Waals surface area contributed by atoms with Gasteiger partial charge < -0.3 is 5.32 Å². The molecule has 0 fully saturated rings. The van der Waals surface area contributed by atoms with E-state index in [1.165, 1.54) is 34.6 Å². The van der Waals surface area contributed by atoms with E-state index < -0.39 is 0 Å². The Labute approximate surface area is 181 Å². The third-order valence-electron chi connectivity index (χ3n) is 5.52. The number of carbonyl (C=O) groups is 1. The number of halogens is 1. The maximum absolute atomic E-state index is 12.8. The number of fused-ring (bicyclic) bond motifs is 2. The van der Waals surface area contributed by atoms with Gasteiger partial charge >= 0.3 is 0 Å². The van der Waals surface area contributed by atoms with Crippen molar-refractivity contribution in [1.29, 1.82) is 0 Å². The molecule has 0 saturated heterocycles. The minimum absolute atomic E-state index is 0.0237. The number of anilines is 1. The summed E-state index contributed by atoms with van der Waals surface area (Å²) in [6, 6.07) is 12.0. The van der Waals surface area contributed by atoms with Gasteiger partial charge in [-0.1, -0.05) is 36.7 Å². The number of pyridine rings is 1. The molecule has 0 atom stereocenters. The number of nitrogens with zero attached hydrogens (tertiary/aromatic N) is 1. The summed E-state index contributed by atoms with van der Waals surface area (Å²) in [5.74, 6) is 0.394. The largest absolute Gasteiger partial charge is 0.325 e. The van der Waals surface area contributed by atoms with E-state index in [2.05, 4.69) is 18.3 Å². The highest BCUT2D eigenvalue weighted by molar-refractivity contribution is 8.00. The zero-order valence-electron chi connectivity index (χ0n) is 16.8. The second kappa shape index (κ2) is 8.76. The molecule has 1 aromatic heterocycles. The van der Waals surface area contributed by atoms with Gasteiger partial charge in [0.25, 0.3) is 0 Å². The lowest BCUT2D eigenvalue weighted by Crippen LogP contribution is -2.17. The minimum Gasteiger partial charge on any atom is -0.325 e. The van der Waals surface area contributed by atoms with Gasteiger partial charge in [-0.05, 0) is 73.9 Å². The SMILES string of the molecule is CCc1cccc(C)c1NC(=O)CSc1c2c(nc3ccc(Cl)cc13)CCCC2. The number of benzene rings is 2. The first-order chi connectivity index (χ1) is 14.1. The standard InChI is InChI=1S/C24H25ClN2OS/c1-3-16-8-6-7-15(2)23(16)27-22(28)14-29-24-18-9-4-5-10-20(18)26-21-12-11-17(25)13-19(21)24/h6-8,11-13H,3-5,9-10,14H2,1-2H3,(H,27,28). The predicted octanol–water partition coefficient (Wildman–Crippen LogP) is 6.37. The monoisotopic (exact) mass is 424 g/mol. The summed E-state index contributed by atoms with van der Waals surface area (Å²) in [6.07, 6.45) is 5.27. The number of hydrogen-bond donors (Lipinski definition) is 1. The average Bonchev–Trinajstić information content (AvgIpc) is 2.72. The predicted molar refractivity (Wildman–Crippen MR) is 123 cm³/mol. The maximum Gasteiger partial charge on any atom is 0.234 e. The fourth-order valence-electron chi connectivity index (χ4n) is 4.03. The molecule has 1 amide bonds. The van der Waals surface area contributed by atoms with Crippen LogP contribution in [0.25, 0.3) is 10.9 Å². The second-order valence-electron chi connectivity index (χ2n) is 7.53. The van der Waals surface area contributed by atoms with E-state index in [0.717, 1.165) is 41.4 Å². The van der Waals surface area contributed by atoms with Crippen molar-refractivity contribution in [2.75, 3.05) is 11.1 Å². The van der Waals surface area contributed by atoms with Crippen LogP contribution in [-0.2, 0) is 24.1 Å². The van der Waals surface area contributed by atoms with Gasteiger partial charge in [0.2, 0.25) is 5.91 Å². The highest BCUT2D eigenvalue weighted by atomic mass is 35.5. The van der Waals surface area contributed by atoms with Gasteiger partial charge in [0.15, 0.2) is 0 Å². The molecule has 1 N–H and O–H groups in total. The van der Waals surface area contributed by atoms with Crippen LogP contribution in [0.5, 0.6) is 0 Å². The molecule has 150 valence electrons. The van der Waals surface area contributed by atoms with Gasteiger partial charge in [-0.15, -0.1) is 11.8 Å². The molecule has 1 aliphatic carbocycles. The molecule has 0 saturated carbocycles. The molecule has 0 aliphatic heterocycles. The van der Waals surface area contributed by atoms with Crippen LogP contribution in [-0.4, -0.2) is 16.6 Å². The molecule has 1 heterocycles. The summed E-state index contributed by atoms with van der Waals surface area (Å²) in [5.41, 5.74) is 6.66. The molecule has 29 heavy (non-hydrogen) atoms. The van der Waals surface area contributed by atoms with Crippen LogP contribution in [0.15, 0.2) is 41.3 Å². The Bertz CT molecular complexity index is 1080. The molecule has 5 heteroatoms. The van der Waals surface area contributed by atoms with Crippen LogP contribution < -0.4 is 5.32 Å². The molecule has 4 rings (SSSR count). The number of hydrogen-bond acceptors (Lipinski definition) is 3. The van der Waals surface area contributed by atoms with Gasteiger partial charge in [0, 0.05) is 26.7 Å². The zero-order valence-corrected chi connectivity index (χ0v) is 18.4. The Morgan fingerprint density at radius 3 is 2.86 bits per heavy atom. The van der Waals surface area contributed by atoms with Crippen molar-refractivity contribution in [3.8, 4) is 0 Å². The summed E-state index contributed by atoms with van der Waals surface area (Å²) in [5, 5.41) is 4.90. The van der Waals surface area contributed by atoms with Gasteiger partial charge in [-0.2, -0.15) is 0 Å². The Morgan fingerprint density at radius 1 is 1.21 bits per heavy atom. The third-order valence-corrected chi connectivity index (χ3v) is 6.92. The lowest BCUT2D eigenvalue weighted by atomic mass is 9.94. The van der Waals surface area contributed by atoms with Crippen molar-refractivity contribution < 1.29 is 4.79 Å². The molecule has 3 aromatic rings. The van der Waals surface area contributed by atoms with Crippen LogP contribution in [0, 0.1) is 6.92 Å². The first-order valence-corrected chi connectivity index (χ1v) is 11.6. The number of nitrogens with one attached hydrogen (secondary N) is 1. The number of aromatic nitrogens is 1. The molecule has 0 unspecified atom stereocenters. The molecule has 0 spiro atoms. The van der Waals surface area contributed by atoms with Crippen LogP contribution >= 0.6 is 23.4 Å². The van der Waals surface area contributed by atoms with Crippen LogP contribution in [0.2, 0.25) is 5.02 Å². The summed E-state index contributed by atoms with van der Waals surface area (Å²) < 4.78 is 0. The third kappa shape index (κ3) is 4.29. The Morgan fingerprint density at radius 2 is 2.03 bits per heavy atom. The van der Waals surface area contributed by atoms with E-state index in [1.54, 1.807) is 11.8 Å². The van der Waals surface area contributed by atoms with E-state index in [1.807, 2.05) is 37.3 Å². The summed E-state index contributed by atoms with van der Waals surface area (Å²) in [4.78, 5) is 18.8. The number of carbonyl (C=O) groups excluding carboxylic acids is 1. The summed E-state index contributed by atoms with van der Waals surface area (Å²) >= 11 is 7.89. The van der Waals surface area contributed by atoms with Crippen LogP contribution in [0.4, 0.5) is 5.69 Å². The molecule has 0 bridgehead atoms. The highest BCUT2D eigenvalue weighted by Gasteiger charge is 2.20. The van der Waals surface area contributed by atoms with Crippen molar-refractivity contribution in [3.05, 3.63) is 63.8 Å². The topological polar surface area (TPSA) is 42.0 Å². The Kier molecular flexibility index (Phi) is 6.12. The van der Waals surface area contributed by atoms with E-state index in [0.29, 0.717) is 10.8 Å². The highest BCUT2D eigenvalue weighted by Crippen LogP contribution is 2.37. The number of para-hydroxylation sites is 1. The van der Waals surface area contributed by atoms with E-state index in [4.69, 9.17) is 16.6 Å². The van der Waals surface area contributed by atoms with E-state index in [9.17, 15) is 4.79 Å². The molecular weight excluding hydrogens is 400 g/mol. The van der Waals surface area contributed by atoms with Gasteiger partial charge in [-0.3, -0.25) is 9.78 Å². The first kappa shape index (κ1) is 20.2. The maximum atomic E-state index is 12.8. The Hall–Kier alpha value is -2.04. The molecule has 0 radical (unpaired) electrons. The zero-order chi connectivity index (χ0) is 20.4. The summed E-state index contributed by atoms with van der Waals surface area (Å²) in [6.45, 7) is 4.15.